The van der Waals surface area contributed by atoms with E-state index in [9.17, 15) is 9.18 Å². The van der Waals surface area contributed by atoms with E-state index < -0.39 is 11.8 Å². The van der Waals surface area contributed by atoms with Crippen molar-refractivity contribution in [2.45, 2.75) is 13.0 Å². The fourth-order valence-electron chi connectivity index (χ4n) is 1.55. The third-order valence-corrected chi connectivity index (χ3v) is 3.90. The summed E-state index contributed by atoms with van der Waals surface area (Å²) in [5.41, 5.74) is 0.149. The number of carbonyl (C=O) groups is 1. The molecule has 2 N–H and O–H groups in total. The minimum absolute atomic E-state index is 0.149. The van der Waals surface area contributed by atoms with E-state index in [1.165, 1.54) is 23.5 Å². The van der Waals surface area contributed by atoms with Crippen LogP contribution in [0.2, 0.25) is 4.34 Å². The average molecular weight is 299 g/mol. The number of halogens is 2. The van der Waals surface area contributed by atoms with Crippen molar-refractivity contribution in [3.05, 3.63) is 51.4 Å². The minimum Gasteiger partial charge on any atom is -0.331 e. The van der Waals surface area contributed by atoms with Gasteiger partial charge in [-0.2, -0.15) is 0 Å². The number of nitrogens with one attached hydrogen (secondary N) is 2. The van der Waals surface area contributed by atoms with Crippen LogP contribution in [-0.2, 0) is 0 Å². The first kappa shape index (κ1) is 13.8. The number of urea groups is 1. The number of anilines is 1. The first-order chi connectivity index (χ1) is 9.06. The molecule has 6 heteroatoms. The third kappa shape index (κ3) is 3.68. The average Bonchev–Trinajstić information content (AvgIpc) is 2.79. The Hall–Kier alpha value is -1.59. The largest absolute Gasteiger partial charge is 0.331 e. The molecule has 0 saturated heterocycles. The van der Waals surface area contributed by atoms with E-state index in [0.29, 0.717) is 4.34 Å². The number of thiophene rings is 1. The summed E-state index contributed by atoms with van der Waals surface area (Å²) in [6.07, 6.45) is 0. The smallest absolute Gasteiger partial charge is 0.319 e. The van der Waals surface area contributed by atoms with Crippen molar-refractivity contribution in [2.75, 3.05) is 5.32 Å². The van der Waals surface area contributed by atoms with E-state index in [0.717, 1.165) is 4.88 Å². The highest BCUT2D eigenvalue weighted by Gasteiger charge is 2.12. The van der Waals surface area contributed by atoms with E-state index in [2.05, 4.69) is 10.6 Å². The van der Waals surface area contributed by atoms with Gasteiger partial charge in [0.2, 0.25) is 0 Å². The molecule has 3 nitrogen and oxygen atoms in total. The van der Waals surface area contributed by atoms with Gasteiger partial charge < -0.3 is 10.6 Å². The zero-order valence-electron chi connectivity index (χ0n) is 10.1. The summed E-state index contributed by atoms with van der Waals surface area (Å²) in [6, 6.07) is 8.98. The van der Waals surface area contributed by atoms with Gasteiger partial charge in [-0.1, -0.05) is 23.7 Å². The van der Waals surface area contributed by atoms with Crippen LogP contribution in [0.5, 0.6) is 0 Å². The fourth-order valence-corrected chi connectivity index (χ4v) is 2.61. The number of hydrogen-bond donors (Lipinski definition) is 2. The molecule has 0 aliphatic heterocycles. The lowest BCUT2D eigenvalue weighted by Crippen LogP contribution is -2.31. The highest BCUT2D eigenvalue weighted by molar-refractivity contribution is 7.16. The van der Waals surface area contributed by atoms with Gasteiger partial charge in [-0.15, -0.1) is 11.3 Å². The van der Waals surface area contributed by atoms with Crippen molar-refractivity contribution in [3.8, 4) is 0 Å². The molecule has 0 unspecified atom stereocenters. The Morgan fingerprint density at radius 1 is 1.32 bits per heavy atom. The molecule has 0 bridgehead atoms. The highest BCUT2D eigenvalue weighted by atomic mass is 35.5. The summed E-state index contributed by atoms with van der Waals surface area (Å²) in [4.78, 5) is 12.7. The van der Waals surface area contributed by atoms with Gasteiger partial charge in [0.05, 0.1) is 16.1 Å². The summed E-state index contributed by atoms with van der Waals surface area (Å²) >= 11 is 7.23. The van der Waals surface area contributed by atoms with Gasteiger partial charge >= 0.3 is 6.03 Å². The second-order valence-corrected chi connectivity index (χ2v) is 5.69. The van der Waals surface area contributed by atoms with Crippen molar-refractivity contribution in [3.63, 3.8) is 0 Å². The van der Waals surface area contributed by atoms with Crippen molar-refractivity contribution in [1.29, 1.82) is 0 Å². The van der Waals surface area contributed by atoms with Gasteiger partial charge in [-0.3, -0.25) is 0 Å². The summed E-state index contributed by atoms with van der Waals surface area (Å²) in [5, 5.41) is 5.18. The minimum atomic E-state index is -0.468. The van der Waals surface area contributed by atoms with E-state index in [1.807, 2.05) is 13.0 Å². The number of amides is 2. The van der Waals surface area contributed by atoms with Crippen LogP contribution in [0.15, 0.2) is 36.4 Å². The Bertz CT molecular complexity index is 588. The van der Waals surface area contributed by atoms with Crippen LogP contribution in [-0.4, -0.2) is 6.03 Å². The maximum Gasteiger partial charge on any atom is 0.319 e. The molecule has 100 valence electrons. The maximum atomic E-state index is 13.4. The van der Waals surface area contributed by atoms with Crippen molar-refractivity contribution in [1.82, 2.24) is 5.32 Å². The van der Waals surface area contributed by atoms with Crippen LogP contribution in [0.1, 0.15) is 17.8 Å². The molecule has 2 aromatic rings. The Morgan fingerprint density at radius 2 is 2.05 bits per heavy atom. The number of rotatable bonds is 3. The zero-order chi connectivity index (χ0) is 13.8. The molecule has 1 aromatic carbocycles. The predicted octanol–water partition coefficient (Wildman–Crippen LogP) is 4.42. The molecule has 2 rings (SSSR count). The molecule has 0 spiro atoms. The first-order valence-electron chi connectivity index (χ1n) is 5.63. The molecule has 0 aliphatic rings. The molecule has 1 heterocycles. The first-order valence-corrected chi connectivity index (χ1v) is 6.83. The topological polar surface area (TPSA) is 41.1 Å². The van der Waals surface area contributed by atoms with Crippen LogP contribution in [0.25, 0.3) is 0 Å². The summed E-state index contributed by atoms with van der Waals surface area (Å²) in [5.74, 6) is -0.468. The lowest BCUT2D eigenvalue weighted by Gasteiger charge is -2.13. The van der Waals surface area contributed by atoms with E-state index in [4.69, 9.17) is 11.6 Å². The van der Waals surface area contributed by atoms with E-state index >= 15 is 0 Å². The van der Waals surface area contributed by atoms with Gasteiger partial charge in [-0.05, 0) is 31.2 Å². The lowest BCUT2D eigenvalue weighted by atomic mass is 10.3. The standard InChI is InChI=1S/C13H12ClFN2OS/c1-8(11-6-7-12(14)19-11)16-13(18)17-10-5-3-2-4-9(10)15/h2-8H,1H3,(H2,16,17,18)/t8-/m0/s1. The maximum absolute atomic E-state index is 13.4. The Morgan fingerprint density at radius 3 is 2.68 bits per heavy atom. The molecule has 19 heavy (non-hydrogen) atoms. The van der Waals surface area contributed by atoms with Gasteiger partial charge in [0.15, 0.2) is 0 Å². The van der Waals surface area contributed by atoms with Crippen molar-refractivity contribution in [2.24, 2.45) is 0 Å². The van der Waals surface area contributed by atoms with Crippen LogP contribution in [0, 0.1) is 5.82 Å². The van der Waals surface area contributed by atoms with E-state index in [1.54, 1.807) is 18.2 Å². The Kier molecular flexibility index (Phi) is 4.39. The Labute approximate surface area is 119 Å². The van der Waals surface area contributed by atoms with Crippen LogP contribution < -0.4 is 10.6 Å². The van der Waals surface area contributed by atoms with Crippen LogP contribution in [0.4, 0.5) is 14.9 Å². The zero-order valence-corrected chi connectivity index (χ0v) is 11.7. The van der Waals surface area contributed by atoms with Gasteiger partial charge in [0.25, 0.3) is 0 Å². The lowest BCUT2D eigenvalue weighted by molar-refractivity contribution is 0.249. The molecule has 1 atom stereocenters. The normalized spacial score (nSPS) is 11.9. The molecule has 0 radical (unpaired) electrons. The van der Waals surface area contributed by atoms with Crippen molar-refractivity contribution < 1.29 is 9.18 Å². The molecule has 1 aromatic heterocycles. The molecular formula is C13H12ClFN2OS. The molecule has 0 saturated carbocycles. The second-order valence-electron chi connectivity index (χ2n) is 3.94. The molecule has 2 amide bonds. The molecule has 0 aliphatic carbocycles. The van der Waals surface area contributed by atoms with Crippen LogP contribution >= 0.6 is 22.9 Å². The number of para-hydroxylation sites is 1. The summed E-state index contributed by atoms with van der Waals surface area (Å²) in [7, 11) is 0. The molecule has 0 fully saturated rings. The monoisotopic (exact) mass is 298 g/mol. The second kappa shape index (κ2) is 6.04. The fraction of sp³-hybridized carbons (Fsp3) is 0.154. The number of benzene rings is 1. The van der Waals surface area contributed by atoms with Crippen LogP contribution in [0.3, 0.4) is 0 Å². The summed E-state index contributed by atoms with van der Waals surface area (Å²) < 4.78 is 14.0. The van der Waals surface area contributed by atoms with Crippen molar-refractivity contribution >= 4 is 34.7 Å². The Balaban J connectivity index is 1.96. The third-order valence-electron chi connectivity index (χ3n) is 2.49. The highest BCUT2D eigenvalue weighted by Crippen LogP contribution is 2.26. The van der Waals surface area contributed by atoms with Gasteiger partial charge in [0.1, 0.15) is 5.82 Å². The van der Waals surface area contributed by atoms with Gasteiger partial charge in [-0.25, -0.2) is 9.18 Å². The number of carbonyl (C=O) groups excluding carboxylic acids is 1. The predicted molar refractivity (Wildman–Crippen MR) is 76.3 cm³/mol. The SMILES string of the molecule is C[C@H](NC(=O)Nc1ccccc1F)c1ccc(Cl)s1. The van der Waals surface area contributed by atoms with E-state index in [-0.39, 0.29) is 11.7 Å². The van der Waals surface area contributed by atoms with Gasteiger partial charge in [0, 0.05) is 4.88 Å². The quantitative estimate of drug-likeness (QED) is 0.865. The summed E-state index contributed by atoms with van der Waals surface area (Å²) in [6.45, 7) is 1.84. The molecular weight excluding hydrogens is 287 g/mol. The number of hydrogen-bond acceptors (Lipinski definition) is 2.